The molecule has 0 saturated heterocycles. The van der Waals surface area contributed by atoms with Crippen LogP contribution in [0.2, 0.25) is 0 Å². The van der Waals surface area contributed by atoms with Crippen LogP contribution in [0.15, 0.2) is 0 Å². The summed E-state index contributed by atoms with van der Waals surface area (Å²) >= 11 is 0. The van der Waals surface area contributed by atoms with Crippen molar-refractivity contribution in [2.24, 2.45) is 0 Å². The first kappa shape index (κ1) is 13.0. The van der Waals surface area contributed by atoms with Crippen molar-refractivity contribution in [1.29, 1.82) is 5.26 Å². The van der Waals surface area contributed by atoms with E-state index in [-0.39, 0.29) is 6.04 Å². The first-order valence-electron chi connectivity index (χ1n) is 5.69. The first-order chi connectivity index (χ1) is 8.17. The molecule has 0 amide bonds. The molecule has 1 aromatic heterocycles. The average molecular weight is 228 g/mol. The topological polar surface area (TPSA) is 61.6 Å². The molecule has 0 spiro atoms. The van der Waals surface area contributed by atoms with Crippen molar-refractivity contribution in [3.05, 3.63) is 16.8 Å². The number of aromatic nitrogens is 2. The molecule has 1 aromatic rings. The highest BCUT2D eigenvalue weighted by atomic mass is 15.2. The summed E-state index contributed by atoms with van der Waals surface area (Å²) in [6.07, 6.45) is 6.83. The number of aryl methyl sites for hydroxylation is 1. The minimum absolute atomic E-state index is 0.173. The third kappa shape index (κ3) is 2.73. The summed E-state index contributed by atoms with van der Waals surface area (Å²) in [5, 5.41) is 20.4. The van der Waals surface area contributed by atoms with Gasteiger partial charge >= 0.3 is 0 Å². The van der Waals surface area contributed by atoms with E-state index in [0.29, 0.717) is 11.4 Å². The second-order valence-corrected chi connectivity index (χ2v) is 3.70. The van der Waals surface area contributed by atoms with E-state index in [1.54, 1.807) is 0 Å². The molecule has 1 heterocycles. The summed E-state index contributed by atoms with van der Waals surface area (Å²) in [5.74, 6) is 3.02. The fourth-order valence-corrected chi connectivity index (χ4v) is 1.64. The molecule has 0 radical (unpaired) electrons. The molecule has 88 valence electrons. The summed E-state index contributed by atoms with van der Waals surface area (Å²) in [5.41, 5.74) is 2.39. The Hall–Kier alpha value is -2.07. The van der Waals surface area contributed by atoms with Crippen LogP contribution in [0.1, 0.15) is 37.6 Å². The number of nitriles is 1. The lowest BCUT2D eigenvalue weighted by atomic mass is 10.0. The van der Waals surface area contributed by atoms with Crippen LogP contribution in [-0.4, -0.2) is 16.2 Å². The van der Waals surface area contributed by atoms with Crippen LogP contribution in [0, 0.1) is 23.7 Å². The minimum atomic E-state index is -0.173. The minimum Gasteiger partial charge on any atom is -0.354 e. The van der Waals surface area contributed by atoms with E-state index in [0.717, 1.165) is 24.1 Å². The van der Waals surface area contributed by atoms with Crippen LogP contribution in [0.25, 0.3) is 0 Å². The lowest BCUT2D eigenvalue weighted by Crippen LogP contribution is -2.17. The summed E-state index contributed by atoms with van der Waals surface area (Å²) in [7, 11) is 0. The van der Waals surface area contributed by atoms with Crippen molar-refractivity contribution in [3.8, 4) is 18.4 Å². The van der Waals surface area contributed by atoms with E-state index >= 15 is 0 Å². The van der Waals surface area contributed by atoms with Gasteiger partial charge < -0.3 is 5.32 Å². The van der Waals surface area contributed by atoms with Crippen LogP contribution >= 0.6 is 0 Å². The summed E-state index contributed by atoms with van der Waals surface area (Å²) in [6, 6.07) is 2.01. The average Bonchev–Trinajstić information content (AvgIpc) is 2.37. The maximum Gasteiger partial charge on any atom is 0.167 e. The Kier molecular flexibility index (Phi) is 4.48. The van der Waals surface area contributed by atoms with Gasteiger partial charge in [0.15, 0.2) is 5.82 Å². The molecule has 1 unspecified atom stereocenters. The van der Waals surface area contributed by atoms with Crippen LogP contribution in [0.3, 0.4) is 0 Å². The first-order valence-corrected chi connectivity index (χ1v) is 5.69. The molecular formula is C13H16N4. The van der Waals surface area contributed by atoms with Gasteiger partial charge in [0.05, 0.1) is 11.7 Å². The summed E-state index contributed by atoms with van der Waals surface area (Å²) < 4.78 is 0. The Morgan fingerprint density at radius 1 is 1.35 bits per heavy atom. The summed E-state index contributed by atoms with van der Waals surface area (Å²) in [4.78, 5) is 0. The number of rotatable bonds is 4. The zero-order valence-electron chi connectivity index (χ0n) is 10.4. The van der Waals surface area contributed by atoms with Gasteiger partial charge in [-0.2, -0.15) is 10.4 Å². The number of hydrogen-bond acceptors (Lipinski definition) is 4. The lowest BCUT2D eigenvalue weighted by Gasteiger charge is -2.13. The van der Waals surface area contributed by atoms with Crippen molar-refractivity contribution in [3.63, 3.8) is 0 Å². The Balaban J connectivity index is 3.26. The highest BCUT2D eigenvalue weighted by Crippen LogP contribution is 2.20. The number of terminal acetylenes is 1. The Bertz CT molecular complexity index is 479. The zero-order chi connectivity index (χ0) is 12.8. The molecular weight excluding hydrogens is 212 g/mol. The highest BCUT2D eigenvalue weighted by molar-refractivity contribution is 5.57. The predicted molar refractivity (Wildman–Crippen MR) is 67.4 cm³/mol. The van der Waals surface area contributed by atoms with Crippen LogP contribution < -0.4 is 5.32 Å². The number of nitrogens with zero attached hydrogens (tertiary/aromatic N) is 3. The lowest BCUT2D eigenvalue weighted by molar-refractivity contribution is 0.862. The van der Waals surface area contributed by atoms with Gasteiger partial charge in [0.2, 0.25) is 0 Å². The van der Waals surface area contributed by atoms with E-state index in [2.05, 4.69) is 27.5 Å². The molecule has 0 fully saturated rings. The second-order valence-electron chi connectivity index (χ2n) is 3.70. The van der Waals surface area contributed by atoms with Crippen molar-refractivity contribution in [1.82, 2.24) is 10.2 Å². The van der Waals surface area contributed by atoms with E-state index in [1.807, 2.05) is 20.8 Å². The van der Waals surface area contributed by atoms with Gasteiger partial charge in [0.25, 0.3) is 0 Å². The quantitative estimate of drug-likeness (QED) is 0.800. The van der Waals surface area contributed by atoms with Crippen molar-refractivity contribution in [2.75, 3.05) is 5.32 Å². The van der Waals surface area contributed by atoms with Gasteiger partial charge in [-0.05, 0) is 25.3 Å². The summed E-state index contributed by atoms with van der Waals surface area (Å²) in [6.45, 7) is 5.84. The highest BCUT2D eigenvalue weighted by Gasteiger charge is 2.14. The zero-order valence-corrected chi connectivity index (χ0v) is 10.4. The van der Waals surface area contributed by atoms with E-state index in [9.17, 15) is 5.26 Å². The van der Waals surface area contributed by atoms with Crippen LogP contribution in [0.5, 0.6) is 0 Å². The van der Waals surface area contributed by atoms with Crippen LogP contribution in [-0.2, 0) is 12.8 Å². The molecule has 0 aliphatic heterocycles. The standard InChI is InChI=1S/C13H16N4/c1-5-9(4)15-13-11(8-14)10(6-2)12(7-3)16-17-13/h1,9H,6-7H2,2-4H3,(H,15,17). The maximum absolute atomic E-state index is 9.23. The molecule has 1 N–H and O–H groups in total. The van der Waals surface area contributed by atoms with Crippen molar-refractivity contribution in [2.45, 2.75) is 39.7 Å². The van der Waals surface area contributed by atoms with Gasteiger partial charge in [0.1, 0.15) is 11.6 Å². The smallest absolute Gasteiger partial charge is 0.167 e. The van der Waals surface area contributed by atoms with Gasteiger partial charge in [-0.25, -0.2) is 0 Å². The largest absolute Gasteiger partial charge is 0.354 e. The molecule has 1 atom stereocenters. The molecule has 0 aliphatic rings. The van der Waals surface area contributed by atoms with Crippen molar-refractivity contribution < 1.29 is 0 Å². The fraction of sp³-hybridized carbons (Fsp3) is 0.462. The molecule has 1 rings (SSSR count). The van der Waals surface area contributed by atoms with Gasteiger partial charge in [0, 0.05) is 0 Å². The van der Waals surface area contributed by atoms with Crippen molar-refractivity contribution >= 4 is 5.82 Å². The van der Waals surface area contributed by atoms with E-state index in [4.69, 9.17) is 6.42 Å². The molecule has 0 aromatic carbocycles. The third-order valence-corrected chi connectivity index (χ3v) is 2.56. The van der Waals surface area contributed by atoms with E-state index in [1.165, 1.54) is 0 Å². The predicted octanol–water partition coefficient (Wildman–Crippen LogP) is 1.91. The fourth-order valence-electron chi connectivity index (χ4n) is 1.64. The Labute approximate surface area is 102 Å². The third-order valence-electron chi connectivity index (χ3n) is 2.56. The normalized spacial score (nSPS) is 11.4. The Morgan fingerprint density at radius 2 is 2.06 bits per heavy atom. The molecule has 0 saturated carbocycles. The van der Waals surface area contributed by atoms with E-state index < -0.39 is 0 Å². The Morgan fingerprint density at radius 3 is 2.53 bits per heavy atom. The molecule has 0 bridgehead atoms. The SMILES string of the molecule is C#CC(C)Nc1nnc(CC)c(CC)c1C#N. The van der Waals surface area contributed by atoms with Gasteiger partial charge in [-0.1, -0.05) is 19.8 Å². The number of anilines is 1. The van der Waals surface area contributed by atoms with Crippen LogP contribution in [0.4, 0.5) is 5.82 Å². The van der Waals surface area contributed by atoms with Gasteiger partial charge in [-0.15, -0.1) is 11.5 Å². The molecule has 17 heavy (non-hydrogen) atoms. The number of nitrogens with one attached hydrogen (secondary N) is 1. The van der Waals surface area contributed by atoms with Gasteiger partial charge in [-0.3, -0.25) is 0 Å². The monoisotopic (exact) mass is 228 g/mol. The second kappa shape index (κ2) is 5.86. The molecule has 0 aliphatic carbocycles. The molecule has 4 heteroatoms. The maximum atomic E-state index is 9.23. The molecule has 4 nitrogen and oxygen atoms in total. The number of hydrogen-bond donors (Lipinski definition) is 1.